The van der Waals surface area contributed by atoms with Crippen LogP contribution in [0.25, 0.3) is 0 Å². The molecule has 6 nitrogen and oxygen atoms in total. The molecule has 3 aliphatic carbocycles. The Hall–Kier alpha value is -2.63. The zero-order valence-electron chi connectivity index (χ0n) is 13.3. The Morgan fingerprint density at radius 2 is 1.79 bits per heavy atom. The summed E-state index contributed by atoms with van der Waals surface area (Å²) < 4.78 is 5.11. The molecule has 5 rings (SSSR count). The summed E-state index contributed by atoms with van der Waals surface area (Å²) in [5, 5.41) is 14.9. The Bertz CT molecular complexity index is 738. The third-order valence-electron chi connectivity index (χ3n) is 5.28. The van der Waals surface area contributed by atoms with Crippen LogP contribution in [0.15, 0.2) is 35.5 Å². The lowest BCUT2D eigenvalue weighted by Gasteiger charge is -2.37. The molecule has 1 saturated carbocycles. The molecule has 2 bridgehead atoms. The number of phenolic OH excluding ortho intramolecular Hbond substituents is 1. The van der Waals surface area contributed by atoms with E-state index >= 15 is 0 Å². The van der Waals surface area contributed by atoms with Crippen molar-refractivity contribution in [2.75, 3.05) is 7.11 Å². The topological polar surface area (TPSA) is 79.2 Å². The van der Waals surface area contributed by atoms with E-state index in [-0.39, 0.29) is 41.2 Å². The van der Waals surface area contributed by atoms with Crippen LogP contribution in [0.5, 0.6) is 11.5 Å². The third-order valence-corrected chi connectivity index (χ3v) is 5.28. The van der Waals surface area contributed by atoms with Gasteiger partial charge in [-0.3, -0.25) is 9.59 Å². The van der Waals surface area contributed by atoms with Crippen molar-refractivity contribution in [3.8, 4) is 11.5 Å². The van der Waals surface area contributed by atoms with Gasteiger partial charge in [0.15, 0.2) is 0 Å². The zero-order valence-corrected chi connectivity index (χ0v) is 13.3. The van der Waals surface area contributed by atoms with Crippen molar-refractivity contribution in [2.24, 2.45) is 28.8 Å². The van der Waals surface area contributed by atoms with Crippen LogP contribution in [0.1, 0.15) is 18.4 Å². The second kappa shape index (κ2) is 5.47. The van der Waals surface area contributed by atoms with Gasteiger partial charge in [-0.15, -0.1) is 0 Å². The van der Waals surface area contributed by atoms with Gasteiger partial charge in [-0.2, -0.15) is 10.1 Å². The van der Waals surface area contributed by atoms with E-state index < -0.39 is 0 Å². The fourth-order valence-electron chi connectivity index (χ4n) is 4.06. The molecule has 1 aliphatic heterocycles. The lowest BCUT2D eigenvalue weighted by molar-refractivity contribution is -0.140. The maximum absolute atomic E-state index is 12.6. The molecule has 6 heteroatoms. The molecule has 24 heavy (non-hydrogen) atoms. The highest BCUT2D eigenvalue weighted by molar-refractivity contribution is 6.06. The summed E-state index contributed by atoms with van der Waals surface area (Å²) in [6.07, 6.45) is 7.38. The normalized spacial score (nSPS) is 31.1. The molecule has 1 N–H and O–H groups in total. The van der Waals surface area contributed by atoms with Crippen LogP contribution in [-0.4, -0.2) is 35.3 Å². The highest BCUT2D eigenvalue weighted by Gasteiger charge is 2.56. The number of fused-ring (bicyclic) bond motifs is 1. The fraction of sp³-hybridized carbons (Fsp3) is 0.389. The summed E-state index contributed by atoms with van der Waals surface area (Å²) in [7, 11) is 1.52. The lowest BCUT2D eigenvalue weighted by atomic mass is 9.63. The summed E-state index contributed by atoms with van der Waals surface area (Å²) in [4.78, 5) is 25.3. The SMILES string of the molecule is COc1ccc(O)c(/C=N\N2C(=O)[C@@H]3[C@@H](C2=O)[C@H]2C=C[C@H]3CC2)c1. The van der Waals surface area contributed by atoms with E-state index in [2.05, 4.69) is 17.3 Å². The molecule has 1 aromatic carbocycles. The third kappa shape index (κ3) is 2.13. The molecular formula is C18H18N2O4. The number of carbonyl (C=O) groups is 2. The Morgan fingerprint density at radius 1 is 1.17 bits per heavy atom. The largest absolute Gasteiger partial charge is 0.507 e. The van der Waals surface area contributed by atoms with Crippen LogP contribution in [0.4, 0.5) is 0 Å². The van der Waals surface area contributed by atoms with Gasteiger partial charge in [0.05, 0.1) is 25.2 Å². The van der Waals surface area contributed by atoms with Crippen LogP contribution in [0.2, 0.25) is 0 Å². The van der Waals surface area contributed by atoms with Gasteiger partial charge in [0.2, 0.25) is 0 Å². The van der Waals surface area contributed by atoms with Gasteiger partial charge >= 0.3 is 0 Å². The molecule has 0 spiro atoms. The van der Waals surface area contributed by atoms with Gasteiger partial charge in [-0.25, -0.2) is 0 Å². The number of phenols is 1. The van der Waals surface area contributed by atoms with Crippen molar-refractivity contribution in [3.63, 3.8) is 0 Å². The molecule has 0 radical (unpaired) electrons. The summed E-state index contributed by atoms with van der Waals surface area (Å²) >= 11 is 0. The predicted octanol–water partition coefficient (Wildman–Crippen LogP) is 1.93. The van der Waals surface area contributed by atoms with E-state index in [0.29, 0.717) is 11.3 Å². The molecule has 2 amide bonds. The van der Waals surface area contributed by atoms with Crippen LogP contribution in [0.3, 0.4) is 0 Å². The second-order valence-electron chi connectivity index (χ2n) is 6.50. The summed E-state index contributed by atoms with van der Waals surface area (Å²) in [6.45, 7) is 0. The van der Waals surface area contributed by atoms with E-state index in [1.165, 1.54) is 19.4 Å². The van der Waals surface area contributed by atoms with Crippen molar-refractivity contribution in [2.45, 2.75) is 12.8 Å². The predicted molar refractivity (Wildman–Crippen MR) is 86.4 cm³/mol. The van der Waals surface area contributed by atoms with Crippen molar-refractivity contribution >= 4 is 18.0 Å². The molecule has 0 unspecified atom stereocenters. The molecule has 1 saturated heterocycles. The number of amides is 2. The molecule has 1 heterocycles. The Kier molecular flexibility index (Phi) is 3.40. The van der Waals surface area contributed by atoms with Crippen molar-refractivity contribution < 1.29 is 19.4 Å². The van der Waals surface area contributed by atoms with Gasteiger partial charge in [-0.05, 0) is 42.9 Å². The number of nitrogens with zero attached hydrogens (tertiary/aromatic N) is 2. The molecule has 1 aromatic rings. The summed E-state index contributed by atoms with van der Waals surface area (Å²) in [5.41, 5.74) is 0.394. The lowest BCUT2D eigenvalue weighted by Crippen LogP contribution is -2.38. The zero-order chi connectivity index (χ0) is 16.8. The minimum atomic E-state index is -0.280. The molecule has 2 fully saturated rings. The quantitative estimate of drug-likeness (QED) is 0.523. The van der Waals surface area contributed by atoms with E-state index in [4.69, 9.17) is 4.74 Å². The Balaban J connectivity index is 1.62. The van der Waals surface area contributed by atoms with E-state index in [0.717, 1.165) is 17.9 Å². The van der Waals surface area contributed by atoms with Crippen molar-refractivity contribution in [1.29, 1.82) is 0 Å². The van der Waals surface area contributed by atoms with Gasteiger partial charge < -0.3 is 9.84 Å². The van der Waals surface area contributed by atoms with Gasteiger partial charge in [0.25, 0.3) is 11.8 Å². The number of rotatable bonds is 3. The minimum absolute atomic E-state index is 0.0118. The van der Waals surface area contributed by atoms with E-state index in [1.54, 1.807) is 12.1 Å². The Morgan fingerprint density at radius 3 is 2.33 bits per heavy atom. The highest BCUT2D eigenvalue weighted by Crippen LogP contribution is 2.49. The maximum Gasteiger partial charge on any atom is 0.254 e. The van der Waals surface area contributed by atoms with Crippen LogP contribution in [-0.2, 0) is 9.59 Å². The van der Waals surface area contributed by atoms with E-state index in [9.17, 15) is 14.7 Å². The number of methoxy groups -OCH3 is 1. The summed E-state index contributed by atoms with van der Waals surface area (Å²) in [6, 6.07) is 4.71. The first-order valence-corrected chi connectivity index (χ1v) is 8.07. The van der Waals surface area contributed by atoms with E-state index in [1.807, 2.05) is 0 Å². The summed E-state index contributed by atoms with van der Waals surface area (Å²) in [5.74, 6) is -0.175. The number of carbonyl (C=O) groups excluding carboxylic acids is 2. The molecule has 4 atom stereocenters. The number of ether oxygens (including phenoxy) is 1. The second-order valence-corrected chi connectivity index (χ2v) is 6.50. The number of hydrogen-bond acceptors (Lipinski definition) is 5. The van der Waals surface area contributed by atoms with Crippen molar-refractivity contribution in [1.82, 2.24) is 5.01 Å². The number of hydrogen-bond donors (Lipinski definition) is 1. The molecule has 0 aromatic heterocycles. The molecule has 124 valence electrons. The maximum atomic E-state index is 12.6. The number of allylic oxidation sites excluding steroid dienone is 2. The smallest absolute Gasteiger partial charge is 0.254 e. The number of hydrazone groups is 1. The number of imide groups is 1. The first-order valence-electron chi connectivity index (χ1n) is 8.07. The average Bonchev–Trinajstić information content (AvgIpc) is 2.88. The van der Waals surface area contributed by atoms with Crippen LogP contribution >= 0.6 is 0 Å². The van der Waals surface area contributed by atoms with Crippen LogP contribution in [0, 0.1) is 23.7 Å². The highest BCUT2D eigenvalue weighted by atomic mass is 16.5. The minimum Gasteiger partial charge on any atom is -0.507 e. The van der Waals surface area contributed by atoms with Gasteiger partial charge in [0.1, 0.15) is 11.5 Å². The average molecular weight is 326 g/mol. The fourth-order valence-corrected chi connectivity index (χ4v) is 4.06. The standard InChI is InChI=1S/C18H18N2O4/c1-24-13-6-7-14(21)12(8-13)9-19-20-17(22)15-10-2-3-11(5-4-10)16(15)18(20)23/h2-3,6-11,15-16,21H,4-5H2,1H3/b19-9-/t10-,11-,15-,16-/m0/s1. The first-order chi connectivity index (χ1) is 11.6. The number of aromatic hydroxyl groups is 1. The Labute approximate surface area is 139 Å². The molecular weight excluding hydrogens is 308 g/mol. The molecule has 4 aliphatic rings. The van der Waals surface area contributed by atoms with Gasteiger partial charge in [-0.1, -0.05) is 12.2 Å². The van der Waals surface area contributed by atoms with Gasteiger partial charge in [0, 0.05) is 5.56 Å². The monoisotopic (exact) mass is 326 g/mol. The van der Waals surface area contributed by atoms with Crippen LogP contribution < -0.4 is 4.74 Å². The van der Waals surface area contributed by atoms with Crippen molar-refractivity contribution in [3.05, 3.63) is 35.9 Å². The number of benzene rings is 1. The first kappa shape index (κ1) is 14.9.